The smallest absolute Gasteiger partial charge is 0.0376 e. The minimum atomic E-state index is 0. The van der Waals surface area contributed by atoms with Crippen molar-refractivity contribution in [1.29, 1.82) is 0 Å². The molecule has 5 heteroatoms. The van der Waals surface area contributed by atoms with Crippen LogP contribution in [0.15, 0.2) is 30.3 Å². The maximum absolute atomic E-state index is 5.46. The molecule has 0 bridgehead atoms. The molecule has 0 amide bonds. The molecule has 0 radical (unpaired) electrons. The lowest BCUT2D eigenvalue weighted by molar-refractivity contribution is 0.341. The molecule has 0 heterocycles. The van der Waals surface area contributed by atoms with Gasteiger partial charge in [-0.3, -0.25) is 5.84 Å². The van der Waals surface area contributed by atoms with Gasteiger partial charge < -0.3 is 0 Å². The van der Waals surface area contributed by atoms with Crippen LogP contribution in [0.2, 0.25) is 0 Å². The Morgan fingerprint density at radius 3 is 1.92 bits per heavy atom. The second-order valence-corrected chi connectivity index (χ2v) is 2.40. The van der Waals surface area contributed by atoms with Crippen molar-refractivity contribution in [3.05, 3.63) is 35.9 Å². The van der Waals surface area contributed by atoms with Crippen LogP contribution in [0, 0.1) is 0 Å². The van der Waals surface area contributed by atoms with Crippen molar-refractivity contribution < 1.29 is 0 Å². The van der Waals surface area contributed by atoms with Crippen LogP contribution in [0.5, 0.6) is 0 Å². The molecule has 1 rings (SSSR count). The van der Waals surface area contributed by atoms with Crippen LogP contribution >= 0.6 is 37.2 Å². The highest BCUT2D eigenvalue weighted by atomic mass is 35.5. The first-order chi connectivity index (χ1) is 4.79. The Hall–Kier alpha value is 0.01000. The van der Waals surface area contributed by atoms with Gasteiger partial charge in [0.1, 0.15) is 0 Å². The van der Waals surface area contributed by atoms with E-state index >= 15 is 0 Å². The molecular weight excluding hydrogens is 230 g/mol. The molecule has 2 nitrogen and oxygen atoms in total. The van der Waals surface area contributed by atoms with Crippen LogP contribution in [-0.4, -0.2) is 12.1 Å². The normalized spacial score (nSPS) is 7.92. The lowest BCUT2D eigenvalue weighted by atomic mass is 10.2. The summed E-state index contributed by atoms with van der Waals surface area (Å²) in [4.78, 5) is 0. The van der Waals surface area contributed by atoms with E-state index in [4.69, 9.17) is 5.84 Å². The van der Waals surface area contributed by atoms with Crippen molar-refractivity contribution in [3.63, 3.8) is 0 Å². The number of hydrogen-bond acceptors (Lipinski definition) is 2. The highest BCUT2D eigenvalue weighted by molar-refractivity contribution is 5.86. The van der Waals surface area contributed by atoms with Crippen molar-refractivity contribution in [2.24, 2.45) is 5.84 Å². The van der Waals surface area contributed by atoms with Crippen LogP contribution in [0.3, 0.4) is 0 Å². The molecule has 78 valence electrons. The summed E-state index contributed by atoms with van der Waals surface area (Å²) in [5.74, 6) is 5.46. The summed E-state index contributed by atoms with van der Waals surface area (Å²) in [5.41, 5.74) is 1.24. The first-order valence-corrected chi connectivity index (χ1v) is 3.29. The Labute approximate surface area is 97.7 Å². The SMILES string of the molecule is CN(N)Cc1ccccc1.Cl.Cl.Cl. The third-order valence-corrected chi connectivity index (χ3v) is 1.27. The first-order valence-electron chi connectivity index (χ1n) is 3.29. The van der Waals surface area contributed by atoms with Gasteiger partial charge in [-0.1, -0.05) is 30.3 Å². The number of nitrogens with two attached hydrogens (primary N) is 1. The van der Waals surface area contributed by atoms with E-state index in [0.29, 0.717) is 0 Å². The molecule has 0 fully saturated rings. The maximum atomic E-state index is 5.46. The van der Waals surface area contributed by atoms with Gasteiger partial charge in [-0.25, -0.2) is 5.01 Å². The van der Waals surface area contributed by atoms with Crippen molar-refractivity contribution in [1.82, 2.24) is 5.01 Å². The van der Waals surface area contributed by atoms with E-state index in [9.17, 15) is 0 Å². The summed E-state index contributed by atoms with van der Waals surface area (Å²) in [6.07, 6.45) is 0. The average molecular weight is 246 g/mol. The second-order valence-electron chi connectivity index (χ2n) is 2.40. The number of nitrogens with zero attached hydrogens (tertiary/aromatic N) is 1. The number of hydrazine groups is 1. The predicted octanol–water partition coefficient (Wildman–Crippen LogP) is 2.26. The van der Waals surface area contributed by atoms with E-state index in [1.807, 2.05) is 25.2 Å². The van der Waals surface area contributed by atoms with Crippen LogP contribution in [0.25, 0.3) is 0 Å². The topological polar surface area (TPSA) is 29.3 Å². The van der Waals surface area contributed by atoms with E-state index in [1.54, 1.807) is 5.01 Å². The molecule has 0 atom stereocenters. The van der Waals surface area contributed by atoms with Crippen LogP contribution < -0.4 is 5.84 Å². The van der Waals surface area contributed by atoms with Crippen LogP contribution in [0.4, 0.5) is 0 Å². The van der Waals surface area contributed by atoms with Gasteiger partial charge >= 0.3 is 0 Å². The lowest BCUT2D eigenvalue weighted by Gasteiger charge is -2.07. The predicted molar refractivity (Wildman–Crippen MR) is 63.8 cm³/mol. The molecule has 13 heavy (non-hydrogen) atoms. The molecule has 0 aromatic heterocycles. The highest BCUT2D eigenvalue weighted by Gasteiger charge is 1.90. The van der Waals surface area contributed by atoms with E-state index < -0.39 is 0 Å². The van der Waals surface area contributed by atoms with E-state index in [2.05, 4.69) is 12.1 Å². The number of benzene rings is 1. The minimum absolute atomic E-state index is 0. The standard InChI is InChI=1S/C8H12N2.3ClH/c1-10(9)7-8-5-3-2-4-6-8;;;/h2-6H,7,9H2,1H3;3*1H. The summed E-state index contributed by atoms with van der Waals surface area (Å²) in [6, 6.07) is 10.1. The van der Waals surface area contributed by atoms with Gasteiger partial charge in [0.05, 0.1) is 0 Å². The first kappa shape index (κ1) is 18.7. The molecule has 0 aliphatic carbocycles. The van der Waals surface area contributed by atoms with Gasteiger partial charge in [0, 0.05) is 13.6 Å². The molecule has 0 aliphatic rings. The fraction of sp³-hybridized carbons (Fsp3) is 0.250. The molecule has 0 saturated heterocycles. The Balaban J connectivity index is -0.000000333. The quantitative estimate of drug-likeness (QED) is 0.640. The third kappa shape index (κ3) is 8.34. The molecular formula is C8H15Cl3N2. The van der Waals surface area contributed by atoms with Crippen LogP contribution in [-0.2, 0) is 6.54 Å². The number of hydrogen-bond donors (Lipinski definition) is 1. The molecule has 1 aromatic rings. The molecule has 2 N–H and O–H groups in total. The van der Waals surface area contributed by atoms with E-state index in [1.165, 1.54) is 5.56 Å². The zero-order valence-corrected chi connectivity index (χ0v) is 9.79. The zero-order valence-electron chi connectivity index (χ0n) is 7.34. The number of halogens is 3. The van der Waals surface area contributed by atoms with Crippen molar-refractivity contribution in [2.45, 2.75) is 6.54 Å². The van der Waals surface area contributed by atoms with Crippen molar-refractivity contribution in [3.8, 4) is 0 Å². The summed E-state index contributed by atoms with van der Waals surface area (Å²) in [6.45, 7) is 0.806. The Morgan fingerprint density at radius 1 is 1.08 bits per heavy atom. The van der Waals surface area contributed by atoms with Crippen molar-refractivity contribution >= 4 is 37.2 Å². The average Bonchev–Trinajstić information content (AvgIpc) is 1.88. The summed E-state index contributed by atoms with van der Waals surface area (Å²) < 4.78 is 0. The monoisotopic (exact) mass is 244 g/mol. The summed E-state index contributed by atoms with van der Waals surface area (Å²) in [5, 5.41) is 1.66. The van der Waals surface area contributed by atoms with Gasteiger partial charge in [0.25, 0.3) is 0 Å². The largest absolute Gasteiger partial charge is 0.269 e. The van der Waals surface area contributed by atoms with Gasteiger partial charge in [-0.15, -0.1) is 37.2 Å². The molecule has 0 spiro atoms. The Bertz CT molecular complexity index is 192. The second kappa shape index (κ2) is 10.1. The van der Waals surface area contributed by atoms with Crippen molar-refractivity contribution in [2.75, 3.05) is 7.05 Å². The fourth-order valence-electron chi connectivity index (χ4n) is 0.871. The summed E-state index contributed by atoms with van der Waals surface area (Å²) >= 11 is 0. The van der Waals surface area contributed by atoms with E-state index in [-0.39, 0.29) is 37.2 Å². The van der Waals surface area contributed by atoms with Gasteiger partial charge in [0.15, 0.2) is 0 Å². The minimum Gasteiger partial charge on any atom is -0.269 e. The third-order valence-electron chi connectivity index (χ3n) is 1.27. The van der Waals surface area contributed by atoms with E-state index in [0.717, 1.165) is 6.54 Å². The molecule has 0 saturated carbocycles. The van der Waals surface area contributed by atoms with Gasteiger partial charge in [-0.05, 0) is 5.56 Å². The van der Waals surface area contributed by atoms with Gasteiger partial charge in [-0.2, -0.15) is 0 Å². The Morgan fingerprint density at radius 2 is 1.54 bits per heavy atom. The zero-order chi connectivity index (χ0) is 7.40. The summed E-state index contributed by atoms with van der Waals surface area (Å²) in [7, 11) is 1.85. The molecule has 1 aromatic carbocycles. The highest BCUT2D eigenvalue weighted by Crippen LogP contribution is 1.98. The Kier molecular flexibility index (Phi) is 14.5. The van der Waals surface area contributed by atoms with Gasteiger partial charge in [0.2, 0.25) is 0 Å². The molecule has 0 unspecified atom stereocenters. The number of rotatable bonds is 2. The lowest BCUT2D eigenvalue weighted by Crippen LogP contribution is -2.24. The van der Waals surface area contributed by atoms with Crippen LogP contribution in [0.1, 0.15) is 5.56 Å². The molecule has 0 aliphatic heterocycles. The fourth-order valence-corrected chi connectivity index (χ4v) is 0.871. The maximum Gasteiger partial charge on any atom is 0.0376 e.